The minimum absolute atomic E-state index is 0.148. The Balaban J connectivity index is 1.64. The molecule has 1 aliphatic heterocycles. The summed E-state index contributed by atoms with van der Waals surface area (Å²) in [6.07, 6.45) is 3.67. The molecule has 140 valence electrons. The van der Waals surface area contributed by atoms with Crippen molar-refractivity contribution < 1.29 is 14.3 Å². The van der Waals surface area contributed by atoms with Crippen LogP contribution in [0.1, 0.15) is 29.7 Å². The number of halogens is 1. The number of hydrogen-bond donors (Lipinski definition) is 1. The molecule has 1 heterocycles. The van der Waals surface area contributed by atoms with Crippen LogP contribution in [0.3, 0.4) is 0 Å². The minimum Gasteiger partial charge on any atom is -0.452 e. The second-order valence-corrected chi connectivity index (χ2v) is 6.81. The molecule has 0 fully saturated rings. The second-order valence-electron chi connectivity index (χ2n) is 6.37. The molecular formula is C21H21ClN2O3. The SMILES string of the molecule is COC(=O)N1CCc2cc(C(C)NC(=O)/C=C/c3ccc(Cl)cc3)ccc21. The van der Waals surface area contributed by atoms with Gasteiger partial charge in [0.1, 0.15) is 0 Å². The number of carbonyl (C=O) groups excluding carboxylic acids is 2. The molecule has 0 radical (unpaired) electrons. The largest absolute Gasteiger partial charge is 0.452 e. The quantitative estimate of drug-likeness (QED) is 0.797. The lowest BCUT2D eigenvalue weighted by atomic mass is 10.0. The van der Waals surface area contributed by atoms with Gasteiger partial charge in [0, 0.05) is 17.6 Å². The number of hydrogen-bond acceptors (Lipinski definition) is 3. The third kappa shape index (κ3) is 4.49. The first-order valence-corrected chi connectivity index (χ1v) is 9.08. The molecule has 1 unspecified atom stereocenters. The summed E-state index contributed by atoms with van der Waals surface area (Å²) in [5.74, 6) is -0.172. The molecule has 2 aromatic rings. The number of fused-ring (bicyclic) bond motifs is 1. The van der Waals surface area contributed by atoms with Crippen molar-refractivity contribution in [2.45, 2.75) is 19.4 Å². The van der Waals surface area contributed by atoms with Gasteiger partial charge in [0.2, 0.25) is 5.91 Å². The van der Waals surface area contributed by atoms with Crippen LogP contribution in [0.5, 0.6) is 0 Å². The standard InChI is InChI=1S/C21H21ClN2O3/c1-14(23-20(25)10-5-15-3-7-18(22)8-4-15)16-6-9-19-17(13-16)11-12-24(19)21(26)27-2/h3-10,13-14H,11-12H2,1-2H3,(H,23,25)/b10-5+. The normalized spacial score (nSPS) is 14.1. The van der Waals surface area contributed by atoms with E-state index in [1.54, 1.807) is 23.1 Å². The second kappa shape index (κ2) is 8.27. The number of ether oxygens (including phenoxy) is 1. The van der Waals surface area contributed by atoms with Gasteiger partial charge in [-0.05, 0) is 54.3 Å². The molecule has 27 heavy (non-hydrogen) atoms. The van der Waals surface area contributed by atoms with Gasteiger partial charge < -0.3 is 10.1 Å². The Bertz CT molecular complexity index is 877. The number of methoxy groups -OCH3 is 1. The summed E-state index contributed by atoms with van der Waals surface area (Å²) < 4.78 is 4.81. The molecule has 0 bridgehead atoms. The maximum atomic E-state index is 12.2. The van der Waals surface area contributed by atoms with Gasteiger partial charge in [0.05, 0.1) is 18.8 Å². The third-order valence-electron chi connectivity index (χ3n) is 4.55. The highest BCUT2D eigenvalue weighted by molar-refractivity contribution is 6.30. The number of benzene rings is 2. The van der Waals surface area contributed by atoms with Crippen LogP contribution in [0.2, 0.25) is 5.02 Å². The van der Waals surface area contributed by atoms with E-state index in [0.29, 0.717) is 11.6 Å². The van der Waals surface area contributed by atoms with Crippen LogP contribution >= 0.6 is 11.6 Å². The van der Waals surface area contributed by atoms with E-state index in [2.05, 4.69) is 5.32 Å². The highest BCUT2D eigenvalue weighted by Crippen LogP contribution is 2.31. The number of nitrogens with one attached hydrogen (secondary N) is 1. The van der Waals surface area contributed by atoms with Gasteiger partial charge in [-0.15, -0.1) is 0 Å². The fraction of sp³-hybridized carbons (Fsp3) is 0.238. The van der Waals surface area contributed by atoms with Crippen molar-refractivity contribution in [1.82, 2.24) is 5.32 Å². The summed E-state index contributed by atoms with van der Waals surface area (Å²) in [5, 5.41) is 3.62. The van der Waals surface area contributed by atoms with E-state index in [9.17, 15) is 9.59 Å². The zero-order valence-corrected chi connectivity index (χ0v) is 16.0. The Morgan fingerprint density at radius 3 is 2.67 bits per heavy atom. The molecule has 3 rings (SSSR count). The van der Waals surface area contributed by atoms with Crippen LogP contribution in [0.15, 0.2) is 48.5 Å². The molecule has 0 spiro atoms. The summed E-state index contributed by atoms with van der Waals surface area (Å²) in [6, 6.07) is 13.0. The highest BCUT2D eigenvalue weighted by Gasteiger charge is 2.25. The highest BCUT2D eigenvalue weighted by atomic mass is 35.5. The van der Waals surface area contributed by atoms with Crippen molar-refractivity contribution in [2.75, 3.05) is 18.6 Å². The molecule has 1 aliphatic rings. The van der Waals surface area contributed by atoms with E-state index < -0.39 is 0 Å². The maximum Gasteiger partial charge on any atom is 0.414 e. The number of nitrogens with zero attached hydrogens (tertiary/aromatic N) is 1. The lowest BCUT2D eigenvalue weighted by molar-refractivity contribution is -0.117. The molecule has 6 heteroatoms. The summed E-state index contributed by atoms with van der Waals surface area (Å²) in [6.45, 7) is 2.54. The molecule has 1 N–H and O–H groups in total. The van der Waals surface area contributed by atoms with Crippen molar-refractivity contribution in [3.8, 4) is 0 Å². The van der Waals surface area contributed by atoms with Gasteiger partial charge in [-0.25, -0.2) is 4.79 Å². The van der Waals surface area contributed by atoms with Crippen molar-refractivity contribution >= 4 is 35.4 Å². The first kappa shape index (κ1) is 19.0. The van der Waals surface area contributed by atoms with Crippen LogP contribution in [0, 0.1) is 0 Å². The average molecular weight is 385 g/mol. The van der Waals surface area contributed by atoms with E-state index in [0.717, 1.165) is 28.8 Å². The number of carbonyl (C=O) groups is 2. The van der Waals surface area contributed by atoms with Gasteiger partial charge in [-0.1, -0.05) is 35.9 Å². The van der Waals surface area contributed by atoms with Gasteiger partial charge >= 0.3 is 6.09 Å². The fourth-order valence-electron chi connectivity index (χ4n) is 3.08. The van der Waals surface area contributed by atoms with Gasteiger partial charge in [-0.3, -0.25) is 9.69 Å². The van der Waals surface area contributed by atoms with E-state index in [1.807, 2.05) is 37.3 Å². The van der Waals surface area contributed by atoms with Crippen molar-refractivity contribution in [2.24, 2.45) is 0 Å². The summed E-state index contributed by atoms with van der Waals surface area (Å²) in [4.78, 5) is 25.6. The molecule has 1 atom stereocenters. The Hall–Kier alpha value is -2.79. The molecule has 2 amide bonds. The van der Waals surface area contributed by atoms with Gasteiger partial charge in [0.15, 0.2) is 0 Å². The Morgan fingerprint density at radius 1 is 1.22 bits per heavy atom. The van der Waals surface area contributed by atoms with Gasteiger partial charge in [-0.2, -0.15) is 0 Å². The number of amides is 2. The van der Waals surface area contributed by atoms with Crippen molar-refractivity contribution in [1.29, 1.82) is 0 Å². The maximum absolute atomic E-state index is 12.2. The molecule has 0 saturated heterocycles. The van der Waals surface area contributed by atoms with Crippen LogP contribution in [0.4, 0.5) is 10.5 Å². The smallest absolute Gasteiger partial charge is 0.414 e. The van der Waals surface area contributed by atoms with E-state index >= 15 is 0 Å². The van der Waals surface area contributed by atoms with Gasteiger partial charge in [0.25, 0.3) is 0 Å². The first-order valence-electron chi connectivity index (χ1n) is 8.70. The lowest BCUT2D eigenvalue weighted by Gasteiger charge is -2.17. The molecule has 0 saturated carbocycles. The predicted octanol–water partition coefficient (Wildman–Crippen LogP) is 4.36. The topological polar surface area (TPSA) is 58.6 Å². The van der Waals surface area contributed by atoms with E-state index in [4.69, 9.17) is 16.3 Å². The van der Waals surface area contributed by atoms with Crippen LogP contribution < -0.4 is 10.2 Å². The summed E-state index contributed by atoms with van der Waals surface area (Å²) in [5.41, 5.74) is 3.85. The Labute approximate surface area is 163 Å². The molecule has 0 aliphatic carbocycles. The first-order chi connectivity index (χ1) is 13.0. The molecule has 2 aromatic carbocycles. The Morgan fingerprint density at radius 2 is 1.96 bits per heavy atom. The monoisotopic (exact) mass is 384 g/mol. The summed E-state index contributed by atoms with van der Waals surface area (Å²) in [7, 11) is 1.38. The molecular weight excluding hydrogens is 364 g/mol. The van der Waals surface area contributed by atoms with E-state index in [-0.39, 0.29) is 18.0 Å². The van der Waals surface area contributed by atoms with Crippen LogP contribution in [-0.4, -0.2) is 25.7 Å². The zero-order chi connectivity index (χ0) is 19.4. The lowest BCUT2D eigenvalue weighted by Crippen LogP contribution is -2.28. The fourth-order valence-corrected chi connectivity index (χ4v) is 3.21. The number of rotatable bonds is 4. The van der Waals surface area contributed by atoms with Crippen LogP contribution in [-0.2, 0) is 16.0 Å². The van der Waals surface area contributed by atoms with Crippen molar-refractivity contribution in [3.63, 3.8) is 0 Å². The van der Waals surface area contributed by atoms with Crippen LogP contribution in [0.25, 0.3) is 6.08 Å². The summed E-state index contributed by atoms with van der Waals surface area (Å²) >= 11 is 5.85. The molecule has 5 nitrogen and oxygen atoms in total. The molecule has 0 aromatic heterocycles. The average Bonchev–Trinajstić information content (AvgIpc) is 3.10. The van der Waals surface area contributed by atoms with Crippen molar-refractivity contribution in [3.05, 3.63) is 70.3 Å². The third-order valence-corrected chi connectivity index (χ3v) is 4.80. The number of anilines is 1. The Kier molecular flexibility index (Phi) is 5.81. The van der Waals surface area contributed by atoms with E-state index in [1.165, 1.54) is 13.2 Å². The predicted molar refractivity (Wildman–Crippen MR) is 107 cm³/mol. The minimum atomic E-state index is -0.352. The zero-order valence-electron chi connectivity index (χ0n) is 15.2.